The maximum absolute atomic E-state index is 3.90. The Morgan fingerprint density at radius 1 is 1.40 bits per heavy atom. The van der Waals surface area contributed by atoms with Gasteiger partial charge in [0.05, 0.1) is 0 Å². The molecule has 0 amide bonds. The first-order valence-electron chi connectivity index (χ1n) is 5.54. The van der Waals surface area contributed by atoms with Crippen molar-refractivity contribution in [2.24, 2.45) is 0 Å². The largest absolute Gasteiger partial charge is 0.310 e. The molecule has 0 aromatic heterocycles. The van der Waals surface area contributed by atoms with Gasteiger partial charge < -0.3 is 5.32 Å². The molecule has 0 aliphatic rings. The number of aryl methyl sites for hydroxylation is 1. The summed E-state index contributed by atoms with van der Waals surface area (Å²) in [6, 6.07) is 8.95. The van der Waals surface area contributed by atoms with Gasteiger partial charge in [-0.1, -0.05) is 29.8 Å². The lowest BCUT2D eigenvalue weighted by Crippen LogP contribution is -2.20. The Morgan fingerprint density at radius 3 is 2.67 bits per heavy atom. The minimum atomic E-state index is 0.422. The lowest BCUT2D eigenvalue weighted by Gasteiger charge is -2.16. The molecule has 0 heterocycles. The molecule has 1 aromatic carbocycles. The van der Waals surface area contributed by atoms with E-state index in [0.717, 1.165) is 13.0 Å². The standard InChI is InChI=1S/C14H21N/c1-11(2)9-10-15-13(4)14-8-6-5-7-12(14)3/h5-8,13,15H,1,9-10H2,2-4H3/t13-/m1/s1. The average Bonchev–Trinajstić information content (AvgIpc) is 2.17. The van der Waals surface area contributed by atoms with E-state index in [4.69, 9.17) is 0 Å². The van der Waals surface area contributed by atoms with Crippen molar-refractivity contribution in [2.45, 2.75) is 33.2 Å². The lowest BCUT2D eigenvalue weighted by molar-refractivity contribution is 0.573. The second-order valence-corrected chi connectivity index (χ2v) is 4.24. The Bertz CT molecular complexity index is 328. The lowest BCUT2D eigenvalue weighted by atomic mass is 10.0. The van der Waals surface area contributed by atoms with Crippen LogP contribution in [0.25, 0.3) is 0 Å². The van der Waals surface area contributed by atoms with Crippen LogP contribution in [0.5, 0.6) is 0 Å². The Labute approximate surface area is 93.2 Å². The Balaban J connectivity index is 2.50. The fraction of sp³-hybridized carbons (Fsp3) is 0.429. The maximum atomic E-state index is 3.90. The van der Waals surface area contributed by atoms with Crippen molar-refractivity contribution in [2.75, 3.05) is 6.54 Å². The Kier molecular flexibility index (Phi) is 4.57. The summed E-state index contributed by atoms with van der Waals surface area (Å²) in [6.45, 7) is 11.3. The molecule has 1 aromatic rings. The van der Waals surface area contributed by atoms with Crippen LogP contribution in [-0.4, -0.2) is 6.54 Å². The number of hydrogen-bond donors (Lipinski definition) is 1. The first-order chi connectivity index (χ1) is 7.11. The van der Waals surface area contributed by atoms with Crippen LogP contribution in [0.3, 0.4) is 0 Å². The molecule has 15 heavy (non-hydrogen) atoms. The van der Waals surface area contributed by atoms with Gasteiger partial charge in [-0.25, -0.2) is 0 Å². The van der Waals surface area contributed by atoms with Gasteiger partial charge in [0, 0.05) is 6.04 Å². The minimum Gasteiger partial charge on any atom is -0.310 e. The summed E-state index contributed by atoms with van der Waals surface area (Å²) in [4.78, 5) is 0. The molecule has 1 N–H and O–H groups in total. The second-order valence-electron chi connectivity index (χ2n) is 4.24. The molecule has 1 atom stereocenters. The number of nitrogens with one attached hydrogen (secondary N) is 1. The number of hydrogen-bond acceptors (Lipinski definition) is 1. The normalized spacial score (nSPS) is 12.5. The smallest absolute Gasteiger partial charge is 0.0294 e. The topological polar surface area (TPSA) is 12.0 Å². The highest BCUT2D eigenvalue weighted by Gasteiger charge is 2.05. The van der Waals surface area contributed by atoms with Crippen LogP contribution in [0, 0.1) is 6.92 Å². The number of benzene rings is 1. The first kappa shape index (κ1) is 12.0. The zero-order chi connectivity index (χ0) is 11.3. The third-order valence-electron chi connectivity index (χ3n) is 2.66. The molecule has 1 nitrogen and oxygen atoms in total. The maximum Gasteiger partial charge on any atom is 0.0294 e. The predicted molar refractivity (Wildman–Crippen MR) is 67.0 cm³/mol. The third kappa shape index (κ3) is 3.88. The summed E-state index contributed by atoms with van der Waals surface area (Å²) in [6.07, 6.45) is 1.05. The van der Waals surface area contributed by atoms with Gasteiger partial charge in [-0.2, -0.15) is 0 Å². The zero-order valence-corrected chi connectivity index (χ0v) is 10.0. The summed E-state index contributed by atoms with van der Waals surface area (Å²) in [5.74, 6) is 0. The van der Waals surface area contributed by atoms with Crippen molar-refractivity contribution in [3.8, 4) is 0 Å². The molecule has 0 aliphatic heterocycles. The highest BCUT2D eigenvalue weighted by atomic mass is 14.9. The summed E-state index contributed by atoms with van der Waals surface area (Å²) in [5.41, 5.74) is 3.98. The van der Waals surface area contributed by atoms with Crippen LogP contribution in [-0.2, 0) is 0 Å². The van der Waals surface area contributed by atoms with Crippen molar-refractivity contribution in [1.82, 2.24) is 5.32 Å². The molecule has 0 radical (unpaired) electrons. The SMILES string of the molecule is C=C(C)CCN[C@H](C)c1ccccc1C. The molecule has 0 aliphatic carbocycles. The third-order valence-corrected chi connectivity index (χ3v) is 2.66. The summed E-state index contributed by atoms with van der Waals surface area (Å²) < 4.78 is 0. The van der Waals surface area contributed by atoms with Crippen molar-refractivity contribution >= 4 is 0 Å². The first-order valence-corrected chi connectivity index (χ1v) is 5.54. The van der Waals surface area contributed by atoms with E-state index in [9.17, 15) is 0 Å². The molecule has 0 saturated carbocycles. The van der Waals surface area contributed by atoms with Gasteiger partial charge >= 0.3 is 0 Å². The van der Waals surface area contributed by atoms with Gasteiger partial charge in [0.15, 0.2) is 0 Å². The Morgan fingerprint density at radius 2 is 2.07 bits per heavy atom. The average molecular weight is 203 g/mol. The minimum absolute atomic E-state index is 0.422. The Hall–Kier alpha value is -1.08. The molecular weight excluding hydrogens is 182 g/mol. The molecule has 0 fully saturated rings. The molecule has 0 bridgehead atoms. The van der Waals surface area contributed by atoms with E-state index in [1.807, 2.05) is 0 Å². The molecule has 82 valence electrons. The van der Waals surface area contributed by atoms with E-state index in [2.05, 4.69) is 56.9 Å². The molecule has 0 spiro atoms. The molecular formula is C14H21N. The summed E-state index contributed by atoms with van der Waals surface area (Å²) in [5, 5.41) is 3.51. The van der Waals surface area contributed by atoms with Crippen LogP contribution >= 0.6 is 0 Å². The van der Waals surface area contributed by atoms with E-state index in [0.29, 0.717) is 6.04 Å². The number of rotatable bonds is 5. The highest BCUT2D eigenvalue weighted by Crippen LogP contribution is 2.16. The van der Waals surface area contributed by atoms with Gasteiger partial charge in [0.25, 0.3) is 0 Å². The van der Waals surface area contributed by atoms with Gasteiger partial charge in [0.2, 0.25) is 0 Å². The van der Waals surface area contributed by atoms with E-state index in [1.54, 1.807) is 0 Å². The van der Waals surface area contributed by atoms with Crippen LogP contribution in [0.15, 0.2) is 36.4 Å². The predicted octanol–water partition coefficient (Wildman–Crippen LogP) is 3.61. The van der Waals surface area contributed by atoms with Crippen LogP contribution < -0.4 is 5.32 Å². The van der Waals surface area contributed by atoms with Crippen LogP contribution in [0.1, 0.15) is 37.4 Å². The van der Waals surface area contributed by atoms with Crippen molar-refractivity contribution < 1.29 is 0 Å². The van der Waals surface area contributed by atoms with E-state index < -0.39 is 0 Å². The van der Waals surface area contributed by atoms with E-state index in [1.165, 1.54) is 16.7 Å². The van der Waals surface area contributed by atoms with E-state index in [-0.39, 0.29) is 0 Å². The molecule has 0 unspecified atom stereocenters. The van der Waals surface area contributed by atoms with Gasteiger partial charge in [-0.15, -0.1) is 6.58 Å². The fourth-order valence-electron chi connectivity index (χ4n) is 1.68. The van der Waals surface area contributed by atoms with E-state index >= 15 is 0 Å². The fourth-order valence-corrected chi connectivity index (χ4v) is 1.68. The van der Waals surface area contributed by atoms with Crippen molar-refractivity contribution in [1.29, 1.82) is 0 Å². The van der Waals surface area contributed by atoms with Crippen molar-refractivity contribution in [3.05, 3.63) is 47.5 Å². The quantitative estimate of drug-likeness (QED) is 0.721. The second kappa shape index (κ2) is 5.72. The van der Waals surface area contributed by atoms with Crippen LogP contribution in [0.2, 0.25) is 0 Å². The van der Waals surface area contributed by atoms with Gasteiger partial charge in [-0.3, -0.25) is 0 Å². The van der Waals surface area contributed by atoms with Crippen LogP contribution in [0.4, 0.5) is 0 Å². The van der Waals surface area contributed by atoms with Gasteiger partial charge in [0.1, 0.15) is 0 Å². The summed E-state index contributed by atoms with van der Waals surface area (Å²) >= 11 is 0. The zero-order valence-electron chi connectivity index (χ0n) is 10.0. The molecule has 1 rings (SSSR count). The van der Waals surface area contributed by atoms with Crippen molar-refractivity contribution in [3.63, 3.8) is 0 Å². The molecule has 0 saturated heterocycles. The van der Waals surface area contributed by atoms with Gasteiger partial charge in [-0.05, 0) is 44.9 Å². The summed E-state index contributed by atoms with van der Waals surface area (Å²) in [7, 11) is 0. The monoisotopic (exact) mass is 203 g/mol. The highest BCUT2D eigenvalue weighted by molar-refractivity contribution is 5.28. The molecule has 1 heteroatoms.